The molecule has 0 fully saturated rings. The monoisotopic (exact) mass is 269 g/mol. The van der Waals surface area contributed by atoms with Gasteiger partial charge in [0, 0.05) is 12.5 Å². The number of carboxylic acids is 1. The highest BCUT2D eigenvalue weighted by atomic mass is 16.4. The van der Waals surface area contributed by atoms with Crippen molar-refractivity contribution in [3.8, 4) is 11.1 Å². The first-order chi connectivity index (χ1) is 9.56. The topological polar surface area (TPSA) is 63.3 Å². The standard InChI is InChI=1S/C17H19NO2/c1-12(18)15-3-2-4-16(11-15)14-8-5-13(6-9-14)7-10-17(19)20/h2-6,8-9,11-12H,7,10,18H2,1H3,(H,19,20)/t12-/m1/s1. The predicted molar refractivity (Wildman–Crippen MR) is 80.4 cm³/mol. The Morgan fingerprint density at radius 2 is 1.85 bits per heavy atom. The molecule has 0 bridgehead atoms. The molecule has 0 radical (unpaired) electrons. The SMILES string of the molecule is C[C@@H](N)c1cccc(-c2ccc(CCC(=O)O)cc2)c1. The second kappa shape index (κ2) is 6.35. The molecule has 2 aromatic rings. The van der Waals surface area contributed by atoms with Crippen LogP contribution in [-0.2, 0) is 11.2 Å². The van der Waals surface area contributed by atoms with Crippen molar-refractivity contribution >= 4 is 5.97 Å². The third-order valence-electron chi connectivity index (χ3n) is 3.33. The molecule has 0 spiro atoms. The van der Waals surface area contributed by atoms with Crippen molar-refractivity contribution in [1.82, 2.24) is 0 Å². The third-order valence-corrected chi connectivity index (χ3v) is 3.33. The summed E-state index contributed by atoms with van der Waals surface area (Å²) in [6.45, 7) is 1.97. The lowest BCUT2D eigenvalue weighted by Gasteiger charge is -2.09. The summed E-state index contributed by atoms with van der Waals surface area (Å²) in [4.78, 5) is 10.6. The van der Waals surface area contributed by atoms with Crippen molar-refractivity contribution in [2.75, 3.05) is 0 Å². The largest absolute Gasteiger partial charge is 0.481 e. The molecule has 1 atom stereocenters. The fourth-order valence-electron chi connectivity index (χ4n) is 2.12. The highest BCUT2D eigenvalue weighted by molar-refractivity contribution is 5.67. The van der Waals surface area contributed by atoms with E-state index in [0.29, 0.717) is 6.42 Å². The van der Waals surface area contributed by atoms with Crippen LogP contribution in [0, 0.1) is 0 Å². The van der Waals surface area contributed by atoms with Crippen molar-refractivity contribution < 1.29 is 9.90 Å². The van der Waals surface area contributed by atoms with E-state index in [0.717, 1.165) is 22.3 Å². The molecule has 104 valence electrons. The molecule has 0 saturated carbocycles. The Labute approximate surface area is 119 Å². The average molecular weight is 269 g/mol. The van der Waals surface area contributed by atoms with Crippen LogP contribution < -0.4 is 5.73 Å². The van der Waals surface area contributed by atoms with E-state index >= 15 is 0 Å². The zero-order valence-corrected chi connectivity index (χ0v) is 11.5. The molecule has 0 aliphatic carbocycles. The number of nitrogens with two attached hydrogens (primary N) is 1. The molecule has 0 aliphatic rings. The highest BCUT2D eigenvalue weighted by Gasteiger charge is 2.03. The zero-order chi connectivity index (χ0) is 14.5. The van der Waals surface area contributed by atoms with Crippen LogP contribution in [-0.4, -0.2) is 11.1 Å². The smallest absolute Gasteiger partial charge is 0.303 e. The first-order valence-electron chi connectivity index (χ1n) is 6.73. The predicted octanol–water partition coefficient (Wildman–Crippen LogP) is 3.39. The van der Waals surface area contributed by atoms with Crippen LogP contribution in [0.2, 0.25) is 0 Å². The number of hydrogen-bond donors (Lipinski definition) is 2. The summed E-state index contributed by atoms with van der Waals surface area (Å²) in [5, 5.41) is 8.68. The minimum absolute atomic E-state index is 0.0183. The molecule has 2 aromatic carbocycles. The second-order valence-electron chi connectivity index (χ2n) is 5.00. The van der Waals surface area contributed by atoms with Gasteiger partial charge in [0.15, 0.2) is 0 Å². The fourth-order valence-corrected chi connectivity index (χ4v) is 2.12. The summed E-state index contributed by atoms with van der Waals surface area (Å²) >= 11 is 0. The van der Waals surface area contributed by atoms with E-state index in [2.05, 4.69) is 12.1 Å². The van der Waals surface area contributed by atoms with Crippen LogP contribution in [0.4, 0.5) is 0 Å². The van der Waals surface area contributed by atoms with Gasteiger partial charge in [-0.3, -0.25) is 4.79 Å². The summed E-state index contributed by atoms with van der Waals surface area (Å²) in [5.74, 6) is -0.765. The minimum atomic E-state index is -0.765. The Bertz CT molecular complexity index is 588. The molecule has 20 heavy (non-hydrogen) atoms. The quantitative estimate of drug-likeness (QED) is 0.874. The number of rotatable bonds is 5. The van der Waals surface area contributed by atoms with E-state index in [-0.39, 0.29) is 12.5 Å². The summed E-state index contributed by atoms with van der Waals surface area (Å²) in [7, 11) is 0. The molecule has 3 N–H and O–H groups in total. The molecule has 0 aromatic heterocycles. The van der Waals surface area contributed by atoms with Gasteiger partial charge in [-0.05, 0) is 41.7 Å². The summed E-state index contributed by atoms with van der Waals surface area (Å²) < 4.78 is 0. The van der Waals surface area contributed by atoms with Crippen molar-refractivity contribution in [3.63, 3.8) is 0 Å². The Balaban J connectivity index is 2.17. The Kier molecular flexibility index (Phi) is 4.53. The van der Waals surface area contributed by atoms with Gasteiger partial charge in [-0.1, -0.05) is 42.5 Å². The maximum Gasteiger partial charge on any atom is 0.303 e. The lowest BCUT2D eigenvalue weighted by Crippen LogP contribution is -2.04. The molecule has 0 unspecified atom stereocenters. The van der Waals surface area contributed by atoms with Gasteiger partial charge in [-0.15, -0.1) is 0 Å². The molecule has 3 heteroatoms. The Morgan fingerprint density at radius 3 is 2.45 bits per heavy atom. The number of benzene rings is 2. The van der Waals surface area contributed by atoms with Crippen LogP contribution in [0.5, 0.6) is 0 Å². The van der Waals surface area contributed by atoms with E-state index < -0.39 is 5.97 Å². The first-order valence-corrected chi connectivity index (χ1v) is 6.73. The van der Waals surface area contributed by atoms with Gasteiger partial charge >= 0.3 is 5.97 Å². The van der Waals surface area contributed by atoms with Crippen molar-refractivity contribution in [2.45, 2.75) is 25.8 Å². The van der Waals surface area contributed by atoms with Crippen molar-refractivity contribution in [2.24, 2.45) is 5.73 Å². The van der Waals surface area contributed by atoms with Crippen LogP contribution in [0.15, 0.2) is 48.5 Å². The van der Waals surface area contributed by atoms with Gasteiger partial charge < -0.3 is 10.8 Å². The molecule has 0 heterocycles. The second-order valence-corrected chi connectivity index (χ2v) is 5.00. The van der Waals surface area contributed by atoms with Crippen LogP contribution in [0.3, 0.4) is 0 Å². The number of aliphatic carboxylic acids is 1. The lowest BCUT2D eigenvalue weighted by atomic mass is 9.99. The lowest BCUT2D eigenvalue weighted by molar-refractivity contribution is -0.136. The maximum absolute atomic E-state index is 10.6. The molecule has 0 aliphatic heterocycles. The summed E-state index contributed by atoms with van der Waals surface area (Å²) in [5.41, 5.74) is 10.3. The third kappa shape index (κ3) is 3.68. The van der Waals surface area contributed by atoms with Gasteiger partial charge in [0.05, 0.1) is 0 Å². The minimum Gasteiger partial charge on any atom is -0.481 e. The normalized spacial score (nSPS) is 12.1. The molecule has 2 rings (SSSR count). The van der Waals surface area contributed by atoms with Crippen LogP contribution in [0.25, 0.3) is 11.1 Å². The van der Waals surface area contributed by atoms with Crippen molar-refractivity contribution in [3.05, 3.63) is 59.7 Å². The number of carboxylic acid groups (broad SMARTS) is 1. The first kappa shape index (κ1) is 14.3. The molecule has 3 nitrogen and oxygen atoms in total. The van der Waals surface area contributed by atoms with E-state index in [4.69, 9.17) is 10.8 Å². The molecular formula is C17H19NO2. The van der Waals surface area contributed by atoms with E-state index in [1.807, 2.05) is 43.3 Å². The van der Waals surface area contributed by atoms with Crippen molar-refractivity contribution in [1.29, 1.82) is 0 Å². The number of hydrogen-bond acceptors (Lipinski definition) is 2. The van der Waals surface area contributed by atoms with E-state index in [9.17, 15) is 4.79 Å². The number of carbonyl (C=O) groups is 1. The van der Waals surface area contributed by atoms with Crippen LogP contribution in [0.1, 0.15) is 30.5 Å². The van der Waals surface area contributed by atoms with Crippen LogP contribution >= 0.6 is 0 Å². The van der Waals surface area contributed by atoms with E-state index in [1.54, 1.807) is 0 Å². The fraction of sp³-hybridized carbons (Fsp3) is 0.235. The maximum atomic E-state index is 10.6. The van der Waals surface area contributed by atoms with E-state index in [1.165, 1.54) is 0 Å². The number of aryl methyl sites for hydroxylation is 1. The van der Waals surface area contributed by atoms with Gasteiger partial charge in [0.1, 0.15) is 0 Å². The Hall–Kier alpha value is -2.13. The Morgan fingerprint density at radius 1 is 1.15 bits per heavy atom. The zero-order valence-electron chi connectivity index (χ0n) is 11.5. The average Bonchev–Trinajstić information content (AvgIpc) is 2.46. The van der Waals surface area contributed by atoms with Gasteiger partial charge in [0.2, 0.25) is 0 Å². The summed E-state index contributed by atoms with van der Waals surface area (Å²) in [6.07, 6.45) is 0.731. The van der Waals surface area contributed by atoms with Gasteiger partial charge in [-0.2, -0.15) is 0 Å². The molecule has 0 amide bonds. The van der Waals surface area contributed by atoms with Gasteiger partial charge in [0.25, 0.3) is 0 Å². The molecular weight excluding hydrogens is 250 g/mol. The summed E-state index contributed by atoms with van der Waals surface area (Å²) in [6, 6.07) is 16.2. The molecule has 0 saturated heterocycles. The highest BCUT2D eigenvalue weighted by Crippen LogP contribution is 2.23. The van der Waals surface area contributed by atoms with Gasteiger partial charge in [-0.25, -0.2) is 0 Å².